The third-order valence-electron chi connectivity index (χ3n) is 2.08. The van der Waals surface area contributed by atoms with Crippen LogP contribution in [0.25, 0.3) is 0 Å². The topological polar surface area (TPSA) is 24.5 Å². The fourth-order valence-corrected chi connectivity index (χ4v) is 2.17. The molecule has 0 atom stereocenters. The summed E-state index contributed by atoms with van der Waals surface area (Å²) in [6.45, 7) is 3.03. The summed E-state index contributed by atoms with van der Waals surface area (Å²) in [6.07, 6.45) is 0. The number of nitrogens with zero attached hydrogens (tertiary/aromatic N) is 1. The number of rotatable bonds is 6. The monoisotopic (exact) mass is 214 g/mol. The minimum Gasteiger partial charge on any atom is -0.496 e. The molecule has 0 aromatic carbocycles. The van der Waals surface area contributed by atoms with Crippen LogP contribution >= 0.6 is 11.3 Å². The Labute approximate surface area is 89.7 Å². The third kappa shape index (κ3) is 3.29. The third-order valence-corrected chi connectivity index (χ3v) is 2.97. The minimum absolute atomic E-state index is 0.961. The summed E-state index contributed by atoms with van der Waals surface area (Å²) in [5.41, 5.74) is 0. The number of nitrogens with one attached hydrogen (secondary N) is 1. The number of methoxy groups -OCH3 is 1. The molecule has 80 valence electrons. The van der Waals surface area contributed by atoms with Crippen LogP contribution in [-0.2, 0) is 6.54 Å². The van der Waals surface area contributed by atoms with Crippen molar-refractivity contribution < 1.29 is 4.74 Å². The Morgan fingerprint density at radius 2 is 2.36 bits per heavy atom. The van der Waals surface area contributed by atoms with Gasteiger partial charge in [-0.1, -0.05) is 0 Å². The lowest BCUT2D eigenvalue weighted by atomic mass is 10.4. The molecule has 0 fully saturated rings. The molecule has 0 unspecified atom stereocenters. The maximum absolute atomic E-state index is 5.26. The summed E-state index contributed by atoms with van der Waals surface area (Å²) in [5.74, 6) is 1.01. The molecule has 0 bridgehead atoms. The van der Waals surface area contributed by atoms with E-state index in [1.165, 1.54) is 4.88 Å². The number of hydrogen-bond donors (Lipinski definition) is 1. The molecule has 14 heavy (non-hydrogen) atoms. The molecule has 4 heteroatoms. The number of hydrogen-bond acceptors (Lipinski definition) is 4. The lowest BCUT2D eigenvalue weighted by molar-refractivity contribution is 0.322. The van der Waals surface area contributed by atoms with E-state index in [0.29, 0.717) is 0 Å². The summed E-state index contributed by atoms with van der Waals surface area (Å²) >= 11 is 1.75. The maximum Gasteiger partial charge on any atom is 0.134 e. The van der Waals surface area contributed by atoms with Crippen molar-refractivity contribution in [1.29, 1.82) is 0 Å². The van der Waals surface area contributed by atoms with Gasteiger partial charge in [0, 0.05) is 19.6 Å². The zero-order valence-corrected chi connectivity index (χ0v) is 9.86. The Morgan fingerprint density at radius 1 is 1.57 bits per heavy atom. The molecule has 1 aromatic rings. The zero-order valence-electron chi connectivity index (χ0n) is 9.04. The molecule has 1 rings (SSSR count). The van der Waals surface area contributed by atoms with Gasteiger partial charge in [0.2, 0.25) is 0 Å². The Kier molecular flexibility index (Phi) is 4.93. The van der Waals surface area contributed by atoms with Gasteiger partial charge in [-0.25, -0.2) is 0 Å². The molecule has 1 N–H and O–H groups in total. The van der Waals surface area contributed by atoms with E-state index in [-0.39, 0.29) is 0 Å². The van der Waals surface area contributed by atoms with Crippen LogP contribution in [0.1, 0.15) is 4.88 Å². The van der Waals surface area contributed by atoms with Crippen LogP contribution in [0.15, 0.2) is 11.4 Å². The Hall–Kier alpha value is -0.580. The fraction of sp³-hybridized carbons (Fsp3) is 0.600. The van der Waals surface area contributed by atoms with Crippen LogP contribution < -0.4 is 10.1 Å². The molecule has 0 aliphatic rings. The Bertz CT molecular complexity index is 262. The predicted molar refractivity (Wildman–Crippen MR) is 61.1 cm³/mol. The van der Waals surface area contributed by atoms with E-state index in [1.807, 2.05) is 13.1 Å². The molecule has 0 saturated heterocycles. The summed E-state index contributed by atoms with van der Waals surface area (Å²) in [5, 5.41) is 5.21. The zero-order chi connectivity index (χ0) is 10.4. The molecule has 0 saturated carbocycles. The van der Waals surface area contributed by atoms with Gasteiger partial charge in [-0.15, -0.1) is 11.3 Å². The molecule has 1 aromatic heterocycles. The van der Waals surface area contributed by atoms with Crippen molar-refractivity contribution in [1.82, 2.24) is 10.2 Å². The highest BCUT2D eigenvalue weighted by Gasteiger charge is 2.06. The van der Waals surface area contributed by atoms with Gasteiger partial charge in [0.05, 0.1) is 12.0 Å². The summed E-state index contributed by atoms with van der Waals surface area (Å²) in [4.78, 5) is 3.58. The van der Waals surface area contributed by atoms with E-state index in [2.05, 4.69) is 22.6 Å². The number of ether oxygens (including phenoxy) is 1. The van der Waals surface area contributed by atoms with Crippen molar-refractivity contribution in [2.75, 3.05) is 34.3 Å². The second-order valence-electron chi connectivity index (χ2n) is 3.25. The Balaban J connectivity index is 2.42. The first-order valence-corrected chi connectivity index (χ1v) is 5.59. The molecule has 1 heterocycles. The molecule has 3 nitrogen and oxygen atoms in total. The Morgan fingerprint density at radius 3 is 3.00 bits per heavy atom. The van der Waals surface area contributed by atoms with E-state index < -0.39 is 0 Å². The number of likely N-dealkylation sites (N-methyl/N-ethyl adjacent to an activating group) is 2. The van der Waals surface area contributed by atoms with Crippen LogP contribution in [-0.4, -0.2) is 39.2 Å². The number of thiophene rings is 1. The first-order valence-electron chi connectivity index (χ1n) is 4.71. The molecular formula is C10H18N2OS. The van der Waals surface area contributed by atoms with Crippen molar-refractivity contribution in [3.63, 3.8) is 0 Å². The van der Waals surface area contributed by atoms with E-state index in [0.717, 1.165) is 25.4 Å². The van der Waals surface area contributed by atoms with Crippen LogP contribution in [0.2, 0.25) is 0 Å². The predicted octanol–water partition coefficient (Wildman–Crippen LogP) is 1.41. The van der Waals surface area contributed by atoms with Gasteiger partial charge in [-0.05, 0) is 25.5 Å². The fourth-order valence-electron chi connectivity index (χ4n) is 1.25. The van der Waals surface area contributed by atoms with E-state index in [4.69, 9.17) is 4.74 Å². The van der Waals surface area contributed by atoms with Gasteiger partial charge in [-0.3, -0.25) is 4.90 Å². The second-order valence-corrected chi connectivity index (χ2v) is 4.25. The summed E-state index contributed by atoms with van der Waals surface area (Å²) in [6, 6.07) is 2.02. The van der Waals surface area contributed by atoms with Gasteiger partial charge in [-0.2, -0.15) is 0 Å². The lowest BCUT2D eigenvalue weighted by Crippen LogP contribution is -2.26. The normalized spacial score (nSPS) is 10.9. The van der Waals surface area contributed by atoms with Crippen molar-refractivity contribution in [2.45, 2.75) is 6.54 Å². The SMILES string of the molecule is CNCCN(C)Cc1sccc1OC. The quantitative estimate of drug-likeness (QED) is 0.775. The van der Waals surface area contributed by atoms with Gasteiger partial charge < -0.3 is 10.1 Å². The van der Waals surface area contributed by atoms with E-state index in [1.54, 1.807) is 18.4 Å². The smallest absolute Gasteiger partial charge is 0.134 e. The van der Waals surface area contributed by atoms with Crippen LogP contribution in [0.3, 0.4) is 0 Å². The van der Waals surface area contributed by atoms with Gasteiger partial charge >= 0.3 is 0 Å². The molecule has 0 radical (unpaired) electrons. The highest BCUT2D eigenvalue weighted by atomic mass is 32.1. The molecule has 0 amide bonds. The van der Waals surface area contributed by atoms with Crippen molar-refractivity contribution >= 4 is 11.3 Å². The average molecular weight is 214 g/mol. The molecule has 0 aliphatic carbocycles. The first kappa shape index (κ1) is 11.5. The average Bonchev–Trinajstić information content (AvgIpc) is 2.62. The van der Waals surface area contributed by atoms with Crippen molar-refractivity contribution in [3.05, 3.63) is 16.3 Å². The highest BCUT2D eigenvalue weighted by molar-refractivity contribution is 7.10. The van der Waals surface area contributed by atoms with Gasteiger partial charge in [0.25, 0.3) is 0 Å². The second kappa shape index (κ2) is 6.01. The van der Waals surface area contributed by atoms with Crippen LogP contribution in [0.4, 0.5) is 0 Å². The van der Waals surface area contributed by atoms with E-state index >= 15 is 0 Å². The maximum atomic E-state index is 5.26. The van der Waals surface area contributed by atoms with Crippen molar-refractivity contribution in [3.8, 4) is 5.75 Å². The molecule has 0 aliphatic heterocycles. The largest absolute Gasteiger partial charge is 0.496 e. The highest BCUT2D eigenvalue weighted by Crippen LogP contribution is 2.25. The molecular weight excluding hydrogens is 196 g/mol. The standard InChI is InChI=1S/C10H18N2OS/c1-11-5-6-12(2)8-10-9(13-3)4-7-14-10/h4,7,11H,5-6,8H2,1-3H3. The van der Waals surface area contributed by atoms with Crippen LogP contribution in [0, 0.1) is 0 Å². The lowest BCUT2D eigenvalue weighted by Gasteiger charge is -2.15. The minimum atomic E-state index is 0.961. The van der Waals surface area contributed by atoms with Gasteiger partial charge in [0.1, 0.15) is 5.75 Å². The van der Waals surface area contributed by atoms with Crippen LogP contribution in [0.5, 0.6) is 5.75 Å². The first-order chi connectivity index (χ1) is 6.77. The molecule has 0 spiro atoms. The summed E-state index contributed by atoms with van der Waals surface area (Å²) < 4.78 is 5.26. The van der Waals surface area contributed by atoms with Gasteiger partial charge in [0.15, 0.2) is 0 Å². The van der Waals surface area contributed by atoms with Crippen molar-refractivity contribution in [2.24, 2.45) is 0 Å². The summed E-state index contributed by atoms with van der Waals surface area (Å²) in [7, 11) is 5.81. The van der Waals surface area contributed by atoms with E-state index in [9.17, 15) is 0 Å².